The molecule has 1 aliphatic rings. The van der Waals surface area contributed by atoms with Crippen LogP contribution in [0, 0.1) is 6.92 Å². The van der Waals surface area contributed by atoms with Crippen LogP contribution < -0.4 is 5.32 Å². The van der Waals surface area contributed by atoms with E-state index in [1.807, 2.05) is 30.3 Å². The van der Waals surface area contributed by atoms with Gasteiger partial charge in [-0.2, -0.15) is 0 Å². The standard InChI is InChI=1S/C27H39N5O/c1-7-8-13-31(21-16-26(3,4)30-27(5,6)17-21)18-20-14-19(2)15-24(25(20)33)32-28-22-11-9-10-12-23(22)29-32/h9-12,14-15,21,30,33H,7-8,13,16-18H2,1-6H3. The zero-order valence-electron chi connectivity index (χ0n) is 21.0. The van der Waals surface area contributed by atoms with Gasteiger partial charge in [0.25, 0.3) is 0 Å². The molecule has 2 aromatic carbocycles. The molecule has 0 atom stereocenters. The minimum absolute atomic E-state index is 0.0791. The van der Waals surface area contributed by atoms with Crippen molar-refractivity contribution in [1.82, 2.24) is 25.2 Å². The average molecular weight is 450 g/mol. The van der Waals surface area contributed by atoms with Crippen molar-refractivity contribution in [1.29, 1.82) is 0 Å². The van der Waals surface area contributed by atoms with Crippen LogP contribution in [0.15, 0.2) is 36.4 Å². The van der Waals surface area contributed by atoms with Crippen molar-refractivity contribution >= 4 is 11.0 Å². The van der Waals surface area contributed by atoms with Crippen molar-refractivity contribution in [2.75, 3.05) is 6.54 Å². The molecule has 0 saturated carbocycles. The molecule has 2 N–H and O–H groups in total. The molecule has 6 heteroatoms. The van der Waals surface area contributed by atoms with Gasteiger partial charge >= 0.3 is 0 Å². The second-order valence-electron chi connectivity index (χ2n) is 11.0. The quantitative estimate of drug-likeness (QED) is 0.509. The molecule has 0 amide bonds. The summed E-state index contributed by atoms with van der Waals surface area (Å²) in [6, 6.07) is 12.3. The van der Waals surface area contributed by atoms with E-state index in [1.165, 1.54) is 0 Å². The minimum atomic E-state index is 0.0791. The number of rotatable bonds is 7. The van der Waals surface area contributed by atoms with Gasteiger partial charge in [0.15, 0.2) is 0 Å². The van der Waals surface area contributed by atoms with Crippen molar-refractivity contribution in [3.63, 3.8) is 0 Å². The minimum Gasteiger partial charge on any atom is -0.505 e. The summed E-state index contributed by atoms with van der Waals surface area (Å²) < 4.78 is 0. The molecule has 0 spiro atoms. The van der Waals surface area contributed by atoms with Crippen LogP contribution in [0.1, 0.15) is 71.4 Å². The number of nitrogens with one attached hydrogen (secondary N) is 1. The maximum Gasteiger partial charge on any atom is 0.147 e. The van der Waals surface area contributed by atoms with Crippen LogP contribution in [-0.4, -0.2) is 48.7 Å². The van der Waals surface area contributed by atoms with Gasteiger partial charge in [-0.25, -0.2) is 0 Å². The Morgan fingerprint density at radius 1 is 1.06 bits per heavy atom. The van der Waals surface area contributed by atoms with Crippen molar-refractivity contribution in [2.45, 2.75) is 90.9 Å². The van der Waals surface area contributed by atoms with Gasteiger partial charge in [-0.05, 0) is 84.2 Å². The molecule has 3 aromatic rings. The van der Waals surface area contributed by atoms with E-state index in [0.717, 1.165) is 60.9 Å². The largest absolute Gasteiger partial charge is 0.505 e. The van der Waals surface area contributed by atoms with E-state index in [-0.39, 0.29) is 16.8 Å². The van der Waals surface area contributed by atoms with E-state index in [1.54, 1.807) is 4.80 Å². The summed E-state index contributed by atoms with van der Waals surface area (Å²) in [5.74, 6) is 0.273. The normalized spacial score (nSPS) is 18.3. The maximum absolute atomic E-state index is 11.3. The topological polar surface area (TPSA) is 66.2 Å². The van der Waals surface area contributed by atoms with E-state index in [2.05, 4.69) is 68.0 Å². The number of aromatic hydroxyl groups is 1. The number of aryl methyl sites for hydroxylation is 1. The fourth-order valence-corrected chi connectivity index (χ4v) is 5.57. The molecule has 0 aliphatic carbocycles. The lowest BCUT2D eigenvalue weighted by molar-refractivity contribution is 0.0600. The third-order valence-corrected chi connectivity index (χ3v) is 6.67. The first-order valence-corrected chi connectivity index (χ1v) is 12.3. The van der Waals surface area contributed by atoms with Gasteiger partial charge in [0.2, 0.25) is 0 Å². The van der Waals surface area contributed by atoms with Crippen molar-refractivity contribution in [3.8, 4) is 11.4 Å². The summed E-state index contributed by atoms with van der Waals surface area (Å²) in [6.07, 6.45) is 4.48. The molecule has 0 unspecified atom stereocenters. The van der Waals surface area contributed by atoms with E-state index >= 15 is 0 Å². The highest BCUT2D eigenvalue weighted by atomic mass is 16.3. The summed E-state index contributed by atoms with van der Waals surface area (Å²) in [7, 11) is 0. The summed E-state index contributed by atoms with van der Waals surface area (Å²) in [4.78, 5) is 4.16. The lowest BCUT2D eigenvalue weighted by Gasteiger charge is -2.50. The summed E-state index contributed by atoms with van der Waals surface area (Å²) in [6.45, 7) is 15.3. The van der Waals surface area contributed by atoms with Crippen LogP contribution in [0.4, 0.5) is 0 Å². The van der Waals surface area contributed by atoms with Crippen LogP contribution in [0.25, 0.3) is 16.7 Å². The van der Waals surface area contributed by atoms with Crippen LogP contribution in [0.5, 0.6) is 5.75 Å². The molecular formula is C27H39N5O. The van der Waals surface area contributed by atoms with Gasteiger partial charge in [-0.3, -0.25) is 4.90 Å². The molecule has 178 valence electrons. The molecule has 33 heavy (non-hydrogen) atoms. The van der Waals surface area contributed by atoms with E-state index in [0.29, 0.717) is 11.7 Å². The Kier molecular flexibility index (Phi) is 6.52. The molecule has 4 rings (SSSR count). The van der Waals surface area contributed by atoms with Crippen molar-refractivity contribution in [2.24, 2.45) is 0 Å². The third-order valence-electron chi connectivity index (χ3n) is 6.67. The number of nitrogens with zero attached hydrogens (tertiary/aromatic N) is 4. The second-order valence-corrected chi connectivity index (χ2v) is 11.0. The molecular weight excluding hydrogens is 410 g/mol. The smallest absolute Gasteiger partial charge is 0.147 e. The van der Waals surface area contributed by atoms with Crippen LogP contribution in [-0.2, 0) is 6.54 Å². The predicted molar refractivity (Wildman–Crippen MR) is 135 cm³/mol. The number of hydrogen-bond acceptors (Lipinski definition) is 5. The SMILES string of the molecule is CCCCN(Cc1cc(C)cc(-n2nc3ccccc3n2)c1O)C1CC(C)(C)NC(C)(C)C1. The lowest BCUT2D eigenvalue weighted by atomic mass is 9.79. The van der Waals surface area contributed by atoms with Gasteiger partial charge < -0.3 is 10.4 Å². The summed E-state index contributed by atoms with van der Waals surface area (Å²) in [5, 5.41) is 24.3. The van der Waals surface area contributed by atoms with Gasteiger partial charge in [-0.1, -0.05) is 31.5 Å². The second kappa shape index (κ2) is 9.07. The molecule has 1 fully saturated rings. The highest BCUT2D eigenvalue weighted by Crippen LogP contribution is 2.35. The third kappa shape index (κ3) is 5.39. The van der Waals surface area contributed by atoms with Gasteiger partial charge in [0.05, 0.1) is 0 Å². The number of benzene rings is 2. The molecule has 6 nitrogen and oxygen atoms in total. The van der Waals surface area contributed by atoms with Gasteiger partial charge in [-0.15, -0.1) is 15.0 Å². The fourth-order valence-electron chi connectivity index (χ4n) is 5.57. The number of aromatic nitrogens is 3. The van der Waals surface area contributed by atoms with Crippen molar-refractivity contribution < 1.29 is 5.11 Å². The Balaban J connectivity index is 1.68. The zero-order chi connectivity index (χ0) is 23.8. The molecule has 1 saturated heterocycles. The highest BCUT2D eigenvalue weighted by molar-refractivity contribution is 5.73. The first-order valence-electron chi connectivity index (χ1n) is 12.3. The Bertz CT molecular complexity index is 1070. The van der Waals surface area contributed by atoms with E-state index in [4.69, 9.17) is 0 Å². The zero-order valence-corrected chi connectivity index (χ0v) is 21.0. The van der Waals surface area contributed by atoms with Gasteiger partial charge in [0, 0.05) is 29.2 Å². The van der Waals surface area contributed by atoms with Crippen LogP contribution in [0.3, 0.4) is 0 Å². The van der Waals surface area contributed by atoms with Crippen molar-refractivity contribution in [3.05, 3.63) is 47.5 Å². The van der Waals surface area contributed by atoms with Gasteiger partial charge in [0.1, 0.15) is 22.5 Å². The summed E-state index contributed by atoms with van der Waals surface area (Å²) >= 11 is 0. The first kappa shape index (κ1) is 23.7. The number of phenols is 1. The number of unbranched alkanes of at least 4 members (excludes halogenated alkanes) is 1. The Labute approximate surface area is 198 Å². The van der Waals surface area contributed by atoms with E-state index in [9.17, 15) is 5.11 Å². The number of hydrogen-bond donors (Lipinski definition) is 2. The fraction of sp³-hybridized carbons (Fsp3) is 0.556. The summed E-state index contributed by atoms with van der Waals surface area (Å²) in [5.41, 5.74) is 4.48. The Morgan fingerprint density at radius 3 is 2.24 bits per heavy atom. The first-order chi connectivity index (χ1) is 15.6. The monoisotopic (exact) mass is 449 g/mol. The van der Waals surface area contributed by atoms with E-state index < -0.39 is 0 Å². The number of phenolic OH excluding ortho intramolecular Hbond substituents is 1. The maximum atomic E-state index is 11.3. The molecule has 1 aliphatic heterocycles. The predicted octanol–water partition coefficient (Wildman–Crippen LogP) is 5.35. The Hall–Kier alpha value is -2.44. The number of piperidine rings is 1. The number of fused-ring (bicyclic) bond motifs is 1. The lowest BCUT2D eigenvalue weighted by Crippen LogP contribution is -2.62. The Morgan fingerprint density at radius 2 is 1.67 bits per heavy atom. The molecule has 1 aromatic heterocycles. The van der Waals surface area contributed by atoms with Crippen LogP contribution in [0.2, 0.25) is 0 Å². The molecule has 0 radical (unpaired) electrons. The molecule has 2 heterocycles. The highest BCUT2D eigenvalue weighted by Gasteiger charge is 2.40. The molecule has 0 bridgehead atoms. The average Bonchev–Trinajstić information content (AvgIpc) is 3.15. The van der Waals surface area contributed by atoms with Crippen LogP contribution >= 0.6 is 0 Å².